The third kappa shape index (κ3) is 4.12. The van der Waals surface area contributed by atoms with Crippen LogP contribution in [0.3, 0.4) is 0 Å². The zero-order chi connectivity index (χ0) is 23.9. The molecule has 0 aliphatic heterocycles. The van der Waals surface area contributed by atoms with Gasteiger partial charge in [-0.15, -0.1) is 0 Å². The monoisotopic (exact) mass is 452 g/mol. The van der Waals surface area contributed by atoms with Crippen LogP contribution in [-0.4, -0.2) is 31.1 Å². The highest BCUT2D eigenvalue weighted by Crippen LogP contribution is 2.68. The summed E-state index contributed by atoms with van der Waals surface area (Å²) in [6, 6.07) is 6.81. The predicted molar refractivity (Wildman–Crippen MR) is 114 cm³/mol. The van der Waals surface area contributed by atoms with Gasteiger partial charge in [-0.1, -0.05) is 42.8 Å². The molecule has 0 spiro atoms. The topological polar surface area (TPSA) is 52.6 Å². The maximum absolute atomic E-state index is 14.0. The predicted octanol–water partition coefficient (Wildman–Crippen LogP) is 5.75. The second-order valence-corrected chi connectivity index (χ2v) is 9.54. The van der Waals surface area contributed by atoms with Gasteiger partial charge in [-0.3, -0.25) is 4.79 Å². The molecule has 4 nitrogen and oxygen atoms in total. The molecule has 5 atom stereocenters. The molecule has 0 radical (unpaired) electrons. The molecular formula is C25H31F3O4. The number of Topliss-reactive ketones (excluding diaryl/α,β-unsaturated/α-hetero) is 1. The summed E-state index contributed by atoms with van der Waals surface area (Å²) in [5, 5.41) is 0. The zero-order valence-electron chi connectivity index (χ0n) is 19.2. The minimum absolute atomic E-state index is 0.0634. The van der Waals surface area contributed by atoms with Gasteiger partial charge < -0.3 is 9.47 Å². The smallest absolute Gasteiger partial charge is 0.432 e. The molecule has 0 aromatic heterocycles. The van der Waals surface area contributed by atoms with E-state index < -0.39 is 23.9 Å². The molecular weight excluding hydrogens is 421 g/mol. The lowest BCUT2D eigenvalue weighted by Crippen LogP contribution is -2.52. The van der Waals surface area contributed by atoms with E-state index >= 15 is 0 Å². The minimum Gasteiger partial charge on any atom is -0.460 e. The van der Waals surface area contributed by atoms with E-state index in [0.29, 0.717) is 31.1 Å². The number of ether oxygens (including phenoxy) is 2. The van der Waals surface area contributed by atoms with Crippen LogP contribution < -0.4 is 0 Å². The fraction of sp³-hybridized carbons (Fsp3) is 0.600. The number of ketones is 1. The van der Waals surface area contributed by atoms with Crippen molar-refractivity contribution in [3.63, 3.8) is 0 Å². The molecule has 0 heterocycles. The number of allylic oxidation sites excluding steroid dienone is 2. The number of carbonyl (C=O) groups is 2. The van der Waals surface area contributed by atoms with E-state index in [-0.39, 0.29) is 16.8 Å². The Bertz CT molecular complexity index is 904. The molecule has 32 heavy (non-hydrogen) atoms. The molecule has 2 fully saturated rings. The molecule has 1 aromatic rings. The molecule has 0 unspecified atom stereocenters. The lowest BCUT2D eigenvalue weighted by molar-refractivity contribution is -0.278. The Labute approximate surface area is 187 Å². The van der Waals surface area contributed by atoms with Crippen LogP contribution in [0.25, 0.3) is 0 Å². The van der Waals surface area contributed by atoms with E-state index in [1.54, 1.807) is 13.0 Å². The number of alkyl halides is 3. The largest absolute Gasteiger partial charge is 0.460 e. The van der Waals surface area contributed by atoms with Crippen LogP contribution in [0.2, 0.25) is 0 Å². The minimum atomic E-state index is -4.99. The van der Waals surface area contributed by atoms with E-state index in [2.05, 4.69) is 6.92 Å². The van der Waals surface area contributed by atoms with Crippen molar-refractivity contribution in [1.82, 2.24) is 0 Å². The molecule has 7 heteroatoms. The molecule has 0 N–H and O–H groups in total. The molecule has 3 rings (SSSR count). The number of carbonyl (C=O) groups excluding carboxylic acids is 2. The van der Waals surface area contributed by atoms with Crippen molar-refractivity contribution in [3.05, 3.63) is 47.0 Å². The van der Waals surface area contributed by atoms with Crippen LogP contribution in [0.15, 0.2) is 41.5 Å². The van der Waals surface area contributed by atoms with Crippen LogP contribution in [-0.2, 0) is 24.7 Å². The van der Waals surface area contributed by atoms with E-state index in [1.807, 2.05) is 13.8 Å². The van der Waals surface area contributed by atoms with Crippen LogP contribution in [0.1, 0.15) is 58.9 Å². The summed E-state index contributed by atoms with van der Waals surface area (Å²) in [5.41, 5.74) is -1.60. The van der Waals surface area contributed by atoms with Gasteiger partial charge in [-0.2, -0.15) is 13.2 Å². The second kappa shape index (κ2) is 8.65. The summed E-state index contributed by atoms with van der Waals surface area (Å²) in [5.74, 6) is -0.574. The fourth-order valence-corrected chi connectivity index (χ4v) is 5.33. The number of rotatable bonds is 7. The molecule has 2 saturated carbocycles. The average Bonchev–Trinajstić information content (AvgIpc) is 3.28. The molecule has 0 saturated heterocycles. The lowest BCUT2D eigenvalue weighted by atomic mass is 9.84. The van der Waals surface area contributed by atoms with Crippen LogP contribution in [0, 0.1) is 17.3 Å². The molecule has 2 aliphatic carbocycles. The SMILES string of the molecule is CO[C@@](C(=O)O[C@@H](C)CC[C@@H]1[C@H]2CC(=C(C)C)C(=O)C[C@@]12C)(c1ccccc1)C(F)(F)F. The normalized spacial score (nSPS) is 27.9. The van der Waals surface area contributed by atoms with Crippen molar-refractivity contribution in [2.24, 2.45) is 17.3 Å². The Morgan fingerprint density at radius 1 is 1.22 bits per heavy atom. The van der Waals surface area contributed by atoms with Gasteiger partial charge in [0.05, 0.1) is 6.10 Å². The Balaban J connectivity index is 1.67. The summed E-state index contributed by atoms with van der Waals surface area (Å²) in [4.78, 5) is 25.2. The van der Waals surface area contributed by atoms with Gasteiger partial charge in [-0.25, -0.2) is 4.79 Å². The van der Waals surface area contributed by atoms with E-state index in [1.165, 1.54) is 24.3 Å². The highest BCUT2D eigenvalue weighted by Gasteiger charge is 2.65. The molecule has 1 aromatic carbocycles. The summed E-state index contributed by atoms with van der Waals surface area (Å²) >= 11 is 0. The van der Waals surface area contributed by atoms with Gasteiger partial charge in [0, 0.05) is 19.1 Å². The molecule has 176 valence electrons. The van der Waals surface area contributed by atoms with Gasteiger partial charge in [-0.05, 0) is 62.9 Å². The Hall–Kier alpha value is -2.15. The van der Waals surface area contributed by atoms with Crippen molar-refractivity contribution < 1.29 is 32.2 Å². The number of hydrogen-bond donors (Lipinski definition) is 0. The Morgan fingerprint density at radius 3 is 2.38 bits per heavy atom. The number of halogens is 3. The van der Waals surface area contributed by atoms with E-state index in [9.17, 15) is 22.8 Å². The second-order valence-electron chi connectivity index (χ2n) is 9.54. The van der Waals surface area contributed by atoms with Gasteiger partial charge in [0.1, 0.15) is 0 Å². The first-order valence-electron chi connectivity index (χ1n) is 11.0. The van der Waals surface area contributed by atoms with Crippen molar-refractivity contribution in [2.75, 3.05) is 7.11 Å². The van der Waals surface area contributed by atoms with Gasteiger partial charge in [0.15, 0.2) is 5.78 Å². The number of esters is 1. The quantitative estimate of drug-likeness (QED) is 0.390. The van der Waals surface area contributed by atoms with Crippen molar-refractivity contribution in [1.29, 1.82) is 0 Å². The first-order chi connectivity index (χ1) is 14.9. The maximum Gasteiger partial charge on any atom is 0.432 e. The molecule has 2 aliphatic rings. The first-order valence-corrected chi connectivity index (χ1v) is 11.0. The maximum atomic E-state index is 14.0. The van der Waals surface area contributed by atoms with Gasteiger partial charge >= 0.3 is 12.1 Å². The van der Waals surface area contributed by atoms with Crippen molar-refractivity contribution in [2.45, 2.75) is 71.3 Å². The zero-order valence-corrected chi connectivity index (χ0v) is 19.2. The third-order valence-electron chi connectivity index (χ3n) is 7.34. The Morgan fingerprint density at radius 2 is 1.84 bits per heavy atom. The summed E-state index contributed by atoms with van der Waals surface area (Å²) < 4.78 is 52.1. The highest BCUT2D eigenvalue weighted by atomic mass is 19.4. The van der Waals surface area contributed by atoms with Crippen molar-refractivity contribution >= 4 is 11.8 Å². The number of methoxy groups -OCH3 is 1. The standard InChI is InChI=1S/C25H31F3O4/c1-15(2)18-13-20-19(23(20,4)14-21(18)29)12-11-16(3)32-22(30)24(31-5,25(26,27)28)17-9-7-6-8-10-17/h6-10,16,19-20H,11-14H2,1-5H3/t16-,19+,20+,23-,24+/m0/s1. The Kier molecular flexibility index (Phi) is 6.62. The van der Waals surface area contributed by atoms with Gasteiger partial charge in [0.25, 0.3) is 5.60 Å². The fourth-order valence-electron chi connectivity index (χ4n) is 5.33. The number of hydrogen-bond acceptors (Lipinski definition) is 4. The highest BCUT2D eigenvalue weighted by molar-refractivity contribution is 5.98. The van der Waals surface area contributed by atoms with E-state index in [0.717, 1.165) is 24.7 Å². The summed E-state index contributed by atoms with van der Waals surface area (Å²) in [6.07, 6.45) is -3.33. The third-order valence-corrected chi connectivity index (χ3v) is 7.34. The van der Waals surface area contributed by atoms with E-state index in [4.69, 9.17) is 9.47 Å². The molecule has 0 amide bonds. The van der Waals surface area contributed by atoms with Gasteiger partial charge in [0.2, 0.25) is 0 Å². The summed E-state index contributed by atoms with van der Waals surface area (Å²) in [6.45, 7) is 7.60. The van der Waals surface area contributed by atoms with Crippen LogP contribution in [0.4, 0.5) is 13.2 Å². The number of benzene rings is 1. The lowest BCUT2D eigenvalue weighted by Gasteiger charge is -2.33. The van der Waals surface area contributed by atoms with Crippen molar-refractivity contribution in [3.8, 4) is 0 Å². The first kappa shape index (κ1) is 24.5. The number of fused-ring (bicyclic) bond motifs is 1. The molecule has 0 bridgehead atoms. The van der Waals surface area contributed by atoms with Crippen LogP contribution in [0.5, 0.6) is 0 Å². The van der Waals surface area contributed by atoms with Crippen LogP contribution >= 0.6 is 0 Å². The summed E-state index contributed by atoms with van der Waals surface area (Å²) in [7, 11) is 0.861. The average molecular weight is 453 g/mol.